The Bertz CT molecular complexity index is 775. The molecule has 2 fully saturated rings. The summed E-state index contributed by atoms with van der Waals surface area (Å²) in [6.45, 7) is 4.12. The van der Waals surface area contributed by atoms with Gasteiger partial charge in [-0.3, -0.25) is 9.78 Å². The van der Waals surface area contributed by atoms with E-state index in [0.29, 0.717) is 18.4 Å². The highest BCUT2D eigenvalue weighted by molar-refractivity contribution is 5.79. The number of carbonyl (C=O) groups is 1. The molecule has 0 saturated carbocycles. The zero-order chi connectivity index (χ0) is 19.9. The summed E-state index contributed by atoms with van der Waals surface area (Å²) in [5.41, 5.74) is 2.60. The summed E-state index contributed by atoms with van der Waals surface area (Å²) in [6, 6.07) is 15.1. The number of nitrogens with zero attached hydrogens (tertiary/aromatic N) is 2. The number of pyridine rings is 1. The monoisotopic (exact) mass is 393 g/mol. The van der Waals surface area contributed by atoms with Crippen molar-refractivity contribution in [3.8, 4) is 0 Å². The molecule has 0 radical (unpaired) electrons. The Morgan fingerprint density at radius 1 is 1.10 bits per heavy atom. The van der Waals surface area contributed by atoms with E-state index in [4.69, 9.17) is 4.74 Å². The number of aromatic nitrogens is 1. The van der Waals surface area contributed by atoms with Crippen LogP contribution >= 0.6 is 0 Å². The maximum atomic E-state index is 12.8. The van der Waals surface area contributed by atoms with E-state index in [1.54, 1.807) is 0 Å². The van der Waals surface area contributed by atoms with E-state index in [1.807, 2.05) is 24.5 Å². The highest BCUT2D eigenvalue weighted by Gasteiger charge is 2.41. The second-order valence-corrected chi connectivity index (χ2v) is 8.29. The third-order valence-corrected chi connectivity index (χ3v) is 6.49. The Morgan fingerprint density at radius 3 is 2.62 bits per heavy atom. The van der Waals surface area contributed by atoms with Crippen LogP contribution in [0.2, 0.25) is 0 Å². The van der Waals surface area contributed by atoms with E-state index < -0.39 is 0 Å². The highest BCUT2D eigenvalue weighted by Crippen LogP contribution is 2.38. The van der Waals surface area contributed by atoms with Gasteiger partial charge < -0.3 is 15.0 Å². The van der Waals surface area contributed by atoms with Gasteiger partial charge in [0.1, 0.15) is 0 Å². The van der Waals surface area contributed by atoms with Gasteiger partial charge in [0, 0.05) is 56.6 Å². The maximum absolute atomic E-state index is 12.8. The molecule has 2 aromatic rings. The van der Waals surface area contributed by atoms with Gasteiger partial charge in [-0.25, -0.2) is 0 Å². The van der Waals surface area contributed by atoms with Crippen molar-refractivity contribution in [2.24, 2.45) is 0 Å². The molecule has 0 spiro atoms. The average molecular weight is 394 g/mol. The Kier molecular flexibility index (Phi) is 6.57. The van der Waals surface area contributed by atoms with Crippen molar-refractivity contribution in [2.45, 2.75) is 50.1 Å². The summed E-state index contributed by atoms with van der Waals surface area (Å²) in [6.07, 6.45) is 8.25. The molecule has 1 amide bonds. The number of benzene rings is 1. The second kappa shape index (κ2) is 9.51. The van der Waals surface area contributed by atoms with E-state index in [0.717, 1.165) is 58.5 Å². The summed E-state index contributed by atoms with van der Waals surface area (Å²) < 4.78 is 5.67. The van der Waals surface area contributed by atoms with Crippen LogP contribution in [0.25, 0.3) is 0 Å². The normalized spacial score (nSPS) is 21.4. The molecular formula is C24H31N3O2. The van der Waals surface area contributed by atoms with Crippen LogP contribution in [0.15, 0.2) is 54.9 Å². The topological polar surface area (TPSA) is 54.5 Å². The number of amides is 1. The number of hydrogen-bond acceptors (Lipinski definition) is 4. The molecule has 1 aromatic carbocycles. The molecule has 3 heterocycles. The SMILES string of the molecule is O=C1CCC(CCNCc2ccncc2)N1CC1(c2ccccc2)CCOCC1. The van der Waals surface area contributed by atoms with E-state index in [9.17, 15) is 4.79 Å². The average Bonchev–Trinajstić information content (AvgIpc) is 3.12. The van der Waals surface area contributed by atoms with Crippen LogP contribution in [0.4, 0.5) is 0 Å². The minimum absolute atomic E-state index is 0.0161. The van der Waals surface area contributed by atoms with Gasteiger partial charge in [-0.2, -0.15) is 0 Å². The van der Waals surface area contributed by atoms with Gasteiger partial charge in [-0.15, -0.1) is 0 Å². The molecule has 4 rings (SSSR count). The molecule has 1 aromatic heterocycles. The molecule has 0 aliphatic carbocycles. The first kappa shape index (κ1) is 20.0. The highest BCUT2D eigenvalue weighted by atomic mass is 16.5. The minimum atomic E-state index is 0.0161. The van der Waals surface area contributed by atoms with Gasteiger partial charge in [0.05, 0.1) is 0 Å². The fourth-order valence-electron chi connectivity index (χ4n) is 4.73. The van der Waals surface area contributed by atoms with Gasteiger partial charge in [0.15, 0.2) is 0 Å². The van der Waals surface area contributed by atoms with Crippen molar-refractivity contribution < 1.29 is 9.53 Å². The second-order valence-electron chi connectivity index (χ2n) is 8.29. The van der Waals surface area contributed by atoms with Crippen LogP contribution in [0, 0.1) is 0 Å². The summed E-state index contributed by atoms with van der Waals surface area (Å²) in [4.78, 5) is 19.0. The van der Waals surface area contributed by atoms with Crippen molar-refractivity contribution in [3.05, 3.63) is 66.0 Å². The number of carbonyl (C=O) groups excluding carboxylic acids is 1. The molecule has 2 saturated heterocycles. The molecule has 2 aliphatic heterocycles. The standard InChI is InChI=1S/C24H31N3O2/c28-23-7-6-22(10-15-26-18-20-8-13-25-14-9-20)27(23)19-24(11-16-29-17-12-24)21-4-2-1-3-5-21/h1-5,8-9,13-14,22,26H,6-7,10-12,15-19H2. The third-order valence-electron chi connectivity index (χ3n) is 6.49. The predicted molar refractivity (Wildman–Crippen MR) is 113 cm³/mol. The number of likely N-dealkylation sites (tertiary alicyclic amines) is 1. The van der Waals surface area contributed by atoms with Gasteiger partial charge in [-0.05, 0) is 55.5 Å². The Labute approximate surface area is 173 Å². The molecule has 2 aliphatic rings. The number of nitrogens with one attached hydrogen (secondary N) is 1. The molecular weight excluding hydrogens is 362 g/mol. The van der Waals surface area contributed by atoms with Gasteiger partial charge in [0.25, 0.3) is 0 Å². The van der Waals surface area contributed by atoms with Crippen molar-refractivity contribution in [1.82, 2.24) is 15.2 Å². The largest absolute Gasteiger partial charge is 0.381 e. The van der Waals surface area contributed by atoms with Gasteiger partial charge >= 0.3 is 0 Å². The quantitative estimate of drug-likeness (QED) is 0.699. The summed E-state index contributed by atoms with van der Waals surface area (Å²) in [5, 5.41) is 3.52. The lowest BCUT2D eigenvalue weighted by atomic mass is 9.73. The summed E-state index contributed by atoms with van der Waals surface area (Å²) in [5.74, 6) is 0.311. The van der Waals surface area contributed by atoms with Gasteiger partial charge in [0.2, 0.25) is 5.91 Å². The van der Waals surface area contributed by atoms with Crippen LogP contribution < -0.4 is 5.32 Å². The first-order valence-electron chi connectivity index (χ1n) is 10.8. The Morgan fingerprint density at radius 2 is 1.86 bits per heavy atom. The minimum Gasteiger partial charge on any atom is -0.381 e. The first-order chi connectivity index (χ1) is 14.3. The molecule has 1 atom stereocenters. The van der Waals surface area contributed by atoms with Crippen LogP contribution in [0.3, 0.4) is 0 Å². The van der Waals surface area contributed by atoms with Crippen molar-refractivity contribution in [3.63, 3.8) is 0 Å². The Balaban J connectivity index is 1.39. The zero-order valence-electron chi connectivity index (χ0n) is 17.1. The predicted octanol–water partition coefficient (Wildman–Crippen LogP) is 3.30. The van der Waals surface area contributed by atoms with Crippen molar-refractivity contribution >= 4 is 5.91 Å². The fourth-order valence-corrected chi connectivity index (χ4v) is 4.73. The number of rotatable bonds is 8. The van der Waals surface area contributed by atoms with Crippen LogP contribution in [0.1, 0.15) is 43.2 Å². The molecule has 0 bridgehead atoms. The molecule has 29 heavy (non-hydrogen) atoms. The van der Waals surface area contributed by atoms with Crippen LogP contribution in [0.5, 0.6) is 0 Å². The number of ether oxygens (including phenoxy) is 1. The molecule has 5 heteroatoms. The van der Waals surface area contributed by atoms with Crippen LogP contribution in [-0.2, 0) is 21.5 Å². The third kappa shape index (κ3) is 4.85. The molecule has 5 nitrogen and oxygen atoms in total. The lowest BCUT2D eigenvalue weighted by molar-refractivity contribution is -0.130. The van der Waals surface area contributed by atoms with E-state index in [-0.39, 0.29) is 5.41 Å². The van der Waals surface area contributed by atoms with Crippen molar-refractivity contribution in [1.29, 1.82) is 0 Å². The maximum Gasteiger partial charge on any atom is 0.222 e. The van der Waals surface area contributed by atoms with E-state index in [2.05, 4.69) is 45.5 Å². The molecule has 154 valence electrons. The van der Waals surface area contributed by atoms with Crippen LogP contribution in [-0.4, -0.2) is 48.1 Å². The Hall–Kier alpha value is -2.24. The first-order valence-corrected chi connectivity index (χ1v) is 10.8. The smallest absolute Gasteiger partial charge is 0.222 e. The number of hydrogen-bond donors (Lipinski definition) is 1. The summed E-state index contributed by atoms with van der Waals surface area (Å²) in [7, 11) is 0. The zero-order valence-corrected chi connectivity index (χ0v) is 17.1. The van der Waals surface area contributed by atoms with E-state index >= 15 is 0 Å². The van der Waals surface area contributed by atoms with Crippen molar-refractivity contribution in [2.75, 3.05) is 26.3 Å². The lowest BCUT2D eigenvalue weighted by Gasteiger charge is -2.42. The molecule has 1 unspecified atom stereocenters. The summed E-state index contributed by atoms with van der Waals surface area (Å²) >= 11 is 0. The van der Waals surface area contributed by atoms with E-state index in [1.165, 1.54) is 11.1 Å². The lowest BCUT2D eigenvalue weighted by Crippen LogP contribution is -2.48. The van der Waals surface area contributed by atoms with Gasteiger partial charge in [-0.1, -0.05) is 30.3 Å². The fraction of sp³-hybridized carbons (Fsp3) is 0.500. The molecule has 1 N–H and O–H groups in total.